The van der Waals surface area contributed by atoms with Gasteiger partial charge in [-0.3, -0.25) is 9.69 Å². The molecule has 0 amide bonds. The number of aromatic amines is 1. The Balaban J connectivity index is 1.24. The van der Waals surface area contributed by atoms with Crippen LogP contribution in [0, 0.1) is 0 Å². The van der Waals surface area contributed by atoms with E-state index in [1.54, 1.807) is 0 Å². The number of piperidine rings is 1. The van der Waals surface area contributed by atoms with Gasteiger partial charge in [0.15, 0.2) is 0 Å². The van der Waals surface area contributed by atoms with Crippen LogP contribution in [0.4, 0.5) is 11.5 Å². The van der Waals surface area contributed by atoms with Crippen LogP contribution in [0.2, 0.25) is 0 Å². The lowest BCUT2D eigenvalue weighted by Crippen LogP contribution is -2.44. The third kappa shape index (κ3) is 3.60. The molecule has 0 spiro atoms. The average molecular weight is 390 g/mol. The molecule has 2 aliphatic heterocycles. The number of hydrogen-bond acceptors (Lipinski definition) is 5. The molecule has 1 unspecified atom stereocenters. The van der Waals surface area contributed by atoms with Crippen molar-refractivity contribution in [1.29, 1.82) is 0 Å². The Bertz CT molecular complexity index is 1050. The maximum atomic E-state index is 12.4. The summed E-state index contributed by atoms with van der Waals surface area (Å²) in [6, 6.07) is 14.6. The third-order valence-electron chi connectivity index (χ3n) is 6.55. The van der Waals surface area contributed by atoms with Gasteiger partial charge in [0.25, 0.3) is 5.56 Å². The van der Waals surface area contributed by atoms with Crippen molar-refractivity contribution in [3.8, 4) is 0 Å². The van der Waals surface area contributed by atoms with Crippen molar-refractivity contribution < 1.29 is 0 Å². The number of H-pyrrole nitrogens is 1. The van der Waals surface area contributed by atoms with Gasteiger partial charge in [-0.25, -0.2) is 4.98 Å². The summed E-state index contributed by atoms with van der Waals surface area (Å²) in [6.07, 6.45) is 5.30. The Morgan fingerprint density at radius 1 is 1.03 bits per heavy atom. The largest absolute Gasteiger partial charge is 0.384 e. The van der Waals surface area contributed by atoms with Gasteiger partial charge in [-0.1, -0.05) is 18.2 Å². The van der Waals surface area contributed by atoms with Gasteiger partial charge in [0, 0.05) is 42.7 Å². The highest BCUT2D eigenvalue weighted by Gasteiger charge is 2.32. The minimum absolute atomic E-state index is 0.0296. The number of hydrogen-bond donors (Lipinski definition) is 2. The molecule has 0 aliphatic carbocycles. The molecule has 1 atom stereocenters. The first kappa shape index (κ1) is 18.2. The number of aromatic nitrogens is 2. The highest BCUT2D eigenvalue weighted by molar-refractivity contribution is 5.81. The molecule has 3 N–H and O–H groups in total. The minimum atomic E-state index is 0.0296. The topological polar surface area (TPSA) is 78.2 Å². The normalized spacial score (nSPS) is 21.1. The van der Waals surface area contributed by atoms with Crippen molar-refractivity contribution in [3.05, 3.63) is 64.7 Å². The summed E-state index contributed by atoms with van der Waals surface area (Å²) in [4.78, 5) is 24.8. The van der Waals surface area contributed by atoms with E-state index in [2.05, 4.69) is 31.9 Å². The summed E-state index contributed by atoms with van der Waals surface area (Å²) in [5.41, 5.74) is 7.98. The van der Waals surface area contributed by atoms with Crippen LogP contribution in [-0.4, -0.2) is 47.1 Å². The van der Waals surface area contributed by atoms with E-state index >= 15 is 0 Å². The second-order valence-corrected chi connectivity index (χ2v) is 8.28. The molecule has 6 nitrogen and oxygen atoms in total. The summed E-state index contributed by atoms with van der Waals surface area (Å²) in [6.45, 7) is 4.23. The van der Waals surface area contributed by atoms with Crippen LogP contribution in [0.3, 0.4) is 0 Å². The smallest absolute Gasteiger partial charge is 0.256 e. The monoisotopic (exact) mass is 389 g/mol. The average Bonchev–Trinajstić information content (AvgIpc) is 3.25. The lowest BCUT2D eigenvalue weighted by atomic mass is 10.0. The number of benzene rings is 1. The number of nitrogens with zero attached hydrogens (tertiary/aromatic N) is 3. The molecule has 2 aromatic heterocycles. The van der Waals surface area contributed by atoms with Crippen LogP contribution in [0.15, 0.2) is 53.5 Å². The van der Waals surface area contributed by atoms with E-state index in [1.165, 1.54) is 0 Å². The standard InChI is InChI=1S/C23H27N5O/c24-22-6-5-19(14-25-22)27-11-8-18(9-12-27)28-10-7-17(15-28)21-13-16-3-1-2-4-20(16)23(29)26-21/h1-6,13-14,17-18H,7-12,15H2,(H2,24,25)(H,26,29). The number of rotatable bonds is 3. The molecular formula is C23H27N5O. The van der Waals surface area contributed by atoms with Crippen molar-refractivity contribution in [3.63, 3.8) is 0 Å². The molecule has 5 rings (SSSR count). The molecule has 29 heavy (non-hydrogen) atoms. The Morgan fingerprint density at radius 3 is 2.66 bits per heavy atom. The van der Waals surface area contributed by atoms with Gasteiger partial charge in [0.05, 0.1) is 11.9 Å². The van der Waals surface area contributed by atoms with Crippen molar-refractivity contribution >= 4 is 22.3 Å². The molecule has 6 heteroatoms. The van der Waals surface area contributed by atoms with Crippen LogP contribution < -0.4 is 16.2 Å². The Hall–Kier alpha value is -2.86. The fourth-order valence-electron chi connectivity index (χ4n) is 4.90. The molecule has 2 saturated heterocycles. The van der Waals surface area contributed by atoms with Crippen molar-refractivity contribution in [2.75, 3.05) is 36.8 Å². The Morgan fingerprint density at radius 2 is 1.86 bits per heavy atom. The van der Waals surface area contributed by atoms with Crippen LogP contribution in [0.25, 0.3) is 10.8 Å². The lowest BCUT2D eigenvalue weighted by molar-refractivity contribution is 0.205. The van der Waals surface area contributed by atoms with Gasteiger partial charge < -0.3 is 15.6 Å². The summed E-state index contributed by atoms with van der Waals surface area (Å²) in [5, 5.41) is 1.81. The zero-order valence-electron chi connectivity index (χ0n) is 16.6. The molecule has 1 aromatic carbocycles. The van der Waals surface area contributed by atoms with Gasteiger partial charge in [-0.15, -0.1) is 0 Å². The molecule has 2 fully saturated rings. The Kier molecular flexibility index (Phi) is 4.72. The van der Waals surface area contributed by atoms with E-state index in [9.17, 15) is 4.79 Å². The van der Waals surface area contributed by atoms with Gasteiger partial charge in [-0.2, -0.15) is 0 Å². The maximum absolute atomic E-state index is 12.4. The first-order chi connectivity index (χ1) is 14.2. The number of anilines is 2. The SMILES string of the molecule is Nc1ccc(N2CCC(N3CCC(c4cc5ccccc5c(=O)[nH]4)C3)CC2)cn1. The number of likely N-dealkylation sites (tertiary alicyclic amines) is 1. The molecule has 3 aromatic rings. The Labute approximate surface area is 170 Å². The molecule has 4 heterocycles. The lowest BCUT2D eigenvalue weighted by Gasteiger charge is -2.37. The first-order valence-electron chi connectivity index (χ1n) is 10.5. The maximum Gasteiger partial charge on any atom is 0.256 e. The van der Waals surface area contributed by atoms with Crippen molar-refractivity contribution in [2.45, 2.75) is 31.2 Å². The number of nitrogen functional groups attached to an aromatic ring is 1. The highest BCUT2D eigenvalue weighted by atomic mass is 16.1. The minimum Gasteiger partial charge on any atom is -0.384 e. The summed E-state index contributed by atoms with van der Waals surface area (Å²) < 4.78 is 0. The van der Waals surface area contributed by atoms with E-state index in [-0.39, 0.29) is 5.56 Å². The van der Waals surface area contributed by atoms with Gasteiger partial charge in [0.1, 0.15) is 5.82 Å². The fraction of sp³-hybridized carbons (Fsp3) is 0.391. The quantitative estimate of drug-likeness (QED) is 0.720. The van der Waals surface area contributed by atoms with E-state index in [1.807, 2.05) is 36.5 Å². The van der Waals surface area contributed by atoms with Gasteiger partial charge in [0.2, 0.25) is 0 Å². The fourth-order valence-corrected chi connectivity index (χ4v) is 4.90. The highest BCUT2D eigenvalue weighted by Crippen LogP contribution is 2.31. The molecule has 150 valence electrons. The number of nitrogens with one attached hydrogen (secondary N) is 1. The summed E-state index contributed by atoms with van der Waals surface area (Å²) in [7, 11) is 0. The van der Waals surface area contributed by atoms with E-state index in [4.69, 9.17) is 5.73 Å². The number of pyridine rings is 2. The second-order valence-electron chi connectivity index (χ2n) is 8.28. The van der Waals surface area contributed by atoms with E-state index < -0.39 is 0 Å². The molecular weight excluding hydrogens is 362 g/mol. The van der Waals surface area contributed by atoms with Crippen LogP contribution in [0.5, 0.6) is 0 Å². The molecule has 0 saturated carbocycles. The first-order valence-corrected chi connectivity index (χ1v) is 10.5. The molecule has 0 bridgehead atoms. The van der Waals surface area contributed by atoms with Gasteiger partial charge in [-0.05, 0) is 55.5 Å². The third-order valence-corrected chi connectivity index (χ3v) is 6.55. The van der Waals surface area contributed by atoms with E-state index in [0.717, 1.165) is 67.6 Å². The van der Waals surface area contributed by atoms with Crippen LogP contribution in [-0.2, 0) is 0 Å². The van der Waals surface area contributed by atoms with Crippen molar-refractivity contribution in [1.82, 2.24) is 14.9 Å². The predicted octanol–water partition coefficient (Wildman–Crippen LogP) is 2.96. The number of nitrogens with two attached hydrogens (primary N) is 1. The zero-order valence-corrected chi connectivity index (χ0v) is 16.6. The van der Waals surface area contributed by atoms with Crippen LogP contribution in [0.1, 0.15) is 30.9 Å². The zero-order chi connectivity index (χ0) is 19.8. The van der Waals surface area contributed by atoms with Gasteiger partial charge >= 0.3 is 0 Å². The van der Waals surface area contributed by atoms with Crippen LogP contribution >= 0.6 is 0 Å². The number of fused-ring (bicyclic) bond motifs is 1. The molecule has 0 radical (unpaired) electrons. The van der Waals surface area contributed by atoms with E-state index in [0.29, 0.717) is 17.8 Å². The predicted molar refractivity (Wildman–Crippen MR) is 117 cm³/mol. The molecule has 2 aliphatic rings. The van der Waals surface area contributed by atoms with Crippen molar-refractivity contribution in [2.24, 2.45) is 0 Å². The second kappa shape index (κ2) is 7.52. The summed E-state index contributed by atoms with van der Waals surface area (Å²) >= 11 is 0. The summed E-state index contributed by atoms with van der Waals surface area (Å²) in [5.74, 6) is 0.977.